The Morgan fingerprint density at radius 1 is 1.07 bits per heavy atom. The summed E-state index contributed by atoms with van der Waals surface area (Å²) in [6, 6.07) is 17.0. The number of benzene rings is 2. The third kappa shape index (κ3) is 5.75. The quantitative estimate of drug-likeness (QED) is 0.615. The number of sulfonamides is 1. The molecule has 0 fully saturated rings. The van der Waals surface area contributed by atoms with Crippen LogP contribution in [0.4, 0.5) is 0 Å². The molecule has 0 aliphatic carbocycles. The van der Waals surface area contributed by atoms with Crippen LogP contribution in [0.3, 0.4) is 0 Å². The summed E-state index contributed by atoms with van der Waals surface area (Å²) in [7, 11) is -3.51. The molecule has 0 aliphatic heterocycles. The highest BCUT2D eigenvalue weighted by atomic mass is 32.2. The average Bonchev–Trinajstić information content (AvgIpc) is 3.12. The second-order valence-corrected chi connectivity index (χ2v) is 8.79. The first-order valence-corrected chi connectivity index (χ1v) is 11.0. The first-order chi connectivity index (χ1) is 13.8. The van der Waals surface area contributed by atoms with Crippen LogP contribution in [0.5, 0.6) is 0 Å². The maximum Gasteiger partial charge on any atom is 0.235 e. The molecule has 0 atom stereocenters. The molecule has 0 bridgehead atoms. The number of imidazole rings is 1. The zero-order chi connectivity index (χ0) is 20.9. The lowest BCUT2D eigenvalue weighted by molar-refractivity contribution is -0.121. The van der Waals surface area contributed by atoms with Gasteiger partial charge in [-0.3, -0.25) is 4.79 Å². The topological polar surface area (TPSA) is 84.3 Å². The highest BCUT2D eigenvalue weighted by molar-refractivity contribution is 7.88. The fourth-order valence-corrected chi connectivity index (χ4v) is 3.65. The highest BCUT2D eigenvalue weighted by Crippen LogP contribution is 2.12. The summed E-state index contributed by atoms with van der Waals surface area (Å²) in [4.78, 5) is 16.5. The number of rotatable bonds is 8. The number of aromatic nitrogens is 2. The minimum atomic E-state index is -3.51. The van der Waals surface area contributed by atoms with E-state index in [0.29, 0.717) is 6.54 Å². The van der Waals surface area contributed by atoms with Crippen molar-refractivity contribution in [2.24, 2.45) is 0 Å². The van der Waals surface area contributed by atoms with E-state index >= 15 is 0 Å². The van der Waals surface area contributed by atoms with Gasteiger partial charge in [-0.1, -0.05) is 42.5 Å². The van der Waals surface area contributed by atoms with Crippen LogP contribution < -0.4 is 5.32 Å². The fourth-order valence-electron chi connectivity index (χ4n) is 2.92. The molecule has 0 unspecified atom stereocenters. The Bertz CT molecular complexity index is 1060. The molecule has 3 rings (SSSR count). The van der Waals surface area contributed by atoms with Crippen LogP contribution in [0.15, 0.2) is 67.0 Å². The molecule has 0 saturated heterocycles. The van der Waals surface area contributed by atoms with Crippen molar-refractivity contribution in [1.29, 1.82) is 0 Å². The minimum absolute atomic E-state index is 0.159. The van der Waals surface area contributed by atoms with Gasteiger partial charge in [0.1, 0.15) is 5.82 Å². The zero-order valence-electron chi connectivity index (χ0n) is 16.4. The van der Waals surface area contributed by atoms with Crippen LogP contribution >= 0.6 is 0 Å². The summed E-state index contributed by atoms with van der Waals surface area (Å²) < 4.78 is 27.3. The normalized spacial score (nSPS) is 11.6. The van der Waals surface area contributed by atoms with E-state index in [1.807, 2.05) is 72.3 Å². The van der Waals surface area contributed by atoms with Crippen molar-refractivity contribution in [2.75, 3.05) is 12.8 Å². The fraction of sp³-hybridized carbons (Fsp3) is 0.238. The van der Waals surface area contributed by atoms with Crippen molar-refractivity contribution in [1.82, 2.24) is 19.2 Å². The molecule has 7 nitrogen and oxygen atoms in total. The predicted octanol–water partition coefficient (Wildman–Crippen LogP) is 2.26. The maximum absolute atomic E-state index is 12.3. The van der Waals surface area contributed by atoms with Gasteiger partial charge < -0.3 is 9.88 Å². The van der Waals surface area contributed by atoms with Crippen LogP contribution in [-0.2, 0) is 27.9 Å². The largest absolute Gasteiger partial charge is 0.351 e. The molecule has 0 aliphatic rings. The van der Waals surface area contributed by atoms with Gasteiger partial charge in [-0.05, 0) is 30.2 Å². The van der Waals surface area contributed by atoms with Gasteiger partial charge in [-0.25, -0.2) is 13.4 Å². The average molecular weight is 413 g/mol. The highest BCUT2D eigenvalue weighted by Gasteiger charge is 2.20. The first-order valence-electron chi connectivity index (χ1n) is 9.18. The Hall–Kier alpha value is -2.97. The van der Waals surface area contributed by atoms with Crippen molar-refractivity contribution < 1.29 is 13.2 Å². The van der Waals surface area contributed by atoms with E-state index in [0.717, 1.165) is 28.9 Å². The molecule has 8 heteroatoms. The van der Waals surface area contributed by atoms with Crippen molar-refractivity contribution in [3.05, 3.63) is 83.9 Å². The summed E-state index contributed by atoms with van der Waals surface area (Å²) in [6.07, 6.45) is 4.74. The van der Waals surface area contributed by atoms with E-state index in [-0.39, 0.29) is 19.0 Å². The number of carbonyl (C=O) groups excluding carboxylic acids is 1. The number of hydrogen-bond acceptors (Lipinski definition) is 4. The van der Waals surface area contributed by atoms with E-state index in [4.69, 9.17) is 0 Å². The van der Waals surface area contributed by atoms with Gasteiger partial charge in [0.25, 0.3) is 0 Å². The van der Waals surface area contributed by atoms with Crippen LogP contribution in [-0.4, -0.2) is 41.0 Å². The smallest absolute Gasteiger partial charge is 0.235 e. The van der Waals surface area contributed by atoms with E-state index in [9.17, 15) is 13.2 Å². The van der Waals surface area contributed by atoms with Gasteiger partial charge in [0.15, 0.2) is 0 Å². The molecule has 2 aromatic carbocycles. The molecule has 1 N–H and O–H groups in total. The Kier molecular flexibility index (Phi) is 6.46. The molecule has 1 heterocycles. The minimum Gasteiger partial charge on any atom is -0.351 e. The first kappa shape index (κ1) is 20.8. The van der Waals surface area contributed by atoms with Gasteiger partial charge in [0.05, 0.1) is 12.8 Å². The van der Waals surface area contributed by atoms with E-state index < -0.39 is 10.0 Å². The number of aryl methyl sites for hydroxylation is 1. The van der Waals surface area contributed by atoms with Crippen LogP contribution in [0, 0.1) is 6.92 Å². The molecule has 3 aromatic rings. The molecule has 0 saturated carbocycles. The molecule has 0 radical (unpaired) electrons. The number of amides is 1. The van der Waals surface area contributed by atoms with Crippen molar-refractivity contribution in [3.8, 4) is 5.69 Å². The second kappa shape index (κ2) is 9.02. The lowest BCUT2D eigenvalue weighted by Gasteiger charge is -2.19. The van der Waals surface area contributed by atoms with Crippen LogP contribution in [0.25, 0.3) is 5.69 Å². The Morgan fingerprint density at radius 2 is 1.76 bits per heavy atom. The van der Waals surface area contributed by atoms with Crippen molar-refractivity contribution in [3.63, 3.8) is 0 Å². The maximum atomic E-state index is 12.3. The molecule has 1 aromatic heterocycles. The predicted molar refractivity (Wildman–Crippen MR) is 112 cm³/mol. The van der Waals surface area contributed by atoms with Crippen LogP contribution in [0.1, 0.15) is 17.0 Å². The summed E-state index contributed by atoms with van der Waals surface area (Å²) in [5.74, 6) is 0.547. The summed E-state index contributed by atoms with van der Waals surface area (Å²) >= 11 is 0. The van der Waals surface area contributed by atoms with Gasteiger partial charge in [-0.15, -0.1) is 0 Å². The Labute approximate surface area is 171 Å². The molecule has 1 amide bonds. The summed E-state index contributed by atoms with van der Waals surface area (Å²) in [5.41, 5.74) is 2.74. The SMILES string of the molecule is Cc1nccn1-c1ccc(CNC(=O)CN(Cc2ccccc2)S(C)(=O)=O)cc1. The van der Waals surface area contributed by atoms with E-state index in [1.54, 1.807) is 6.20 Å². The monoisotopic (exact) mass is 412 g/mol. The molecular weight excluding hydrogens is 388 g/mol. The van der Waals surface area contributed by atoms with Crippen molar-refractivity contribution >= 4 is 15.9 Å². The third-order valence-corrected chi connectivity index (χ3v) is 5.72. The standard InChI is InChI=1S/C21H24N4O3S/c1-17-22-12-13-25(17)20-10-8-18(9-11-20)14-23-21(26)16-24(29(2,27)28)15-19-6-4-3-5-7-19/h3-13H,14-16H2,1-2H3,(H,23,26). The number of carbonyl (C=O) groups is 1. The molecule has 152 valence electrons. The van der Waals surface area contributed by atoms with E-state index in [2.05, 4.69) is 10.3 Å². The van der Waals surface area contributed by atoms with Crippen LogP contribution in [0.2, 0.25) is 0 Å². The summed E-state index contributed by atoms with van der Waals surface area (Å²) in [5, 5.41) is 2.79. The third-order valence-electron chi connectivity index (χ3n) is 4.52. The number of nitrogens with one attached hydrogen (secondary N) is 1. The Morgan fingerprint density at radius 3 is 2.34 bits per heavy atom. The van der Waals surface area contributed by atoms with Crippen molar-refractivity contribution in [2.45, 2.75) is 20.0 Å². The molecular formula is C21H24N4O3S. The van der Waals surface area contributed by atoms with Gasteiger partial charge >= 0.3 is 0 Å². The van der Waals surface area contributed by atoms with Gasteiger partial charge in [0, 0.05) is 31.2 Å². The van der Waals surface area contributed by atoms with E-state index in [1.165, 1.54) is 4.31 Å². The molecule has 29 heavy (non-hydrogen) atoms. The lowest BCUT2D eigenvalue weighted by atomic mass is 10.2. The Balaban J connectivity index is 1.58. The number of nitrogens with zero attached hydrogens (tertiary/aromatic N) is 3. The van der Waals surface area contributed by atoms with Gasteiger partial charge in [-0.2, -0.15) is 4.31 Å². The molecule has 0 spiro atoms. The van der Waals surface area contributed by atoms with Gasteiger partial charge in [0.2, 0.25) is 15.9 Å². The second-order valence-electron chi connectivity index (χ2n) is 6.80. The zero-order valence-corrected chi connectivity index (χ0v) is 17.3. The lowest BCUT2D eigenvalue weighted by Crippen LogP contribution is -2.39. The summed E-state index contributed by atoms with van der Waals surface area (Å²) in [6.45, 7) is 2.19. The number of hydrogen-bond donors (Lipinski definition) is 1.